The number of hydrogen-bond donors (Lipinski definition) is 0. The molecule has 4 nitrogen and oxygen atoms in total. The lowest BCUT2D eigenvalue weighted by atomic mass is 10.0. The average Bonchev–Trinajstić information content (AvgIpc) is 3.12. The molecule has 0 radical (unpaired) electrons. The van der Waals surface area contributed by atoms with Crippen molar-refractivity contribution in [2.75, 3.05) is 13.2 Å². The molecule has 0 aromatic heterocycles. The Labute approximate surface area is 314 Å². The average molecular weight is 707 g/mol. The first kappa shape index (κ1) is 50.8. The van der Waals surface area contributed by atoms with E-state index in [0.717, 1.165) is 25.7 Å². The predicted molar refractivity (Wildman–Crippen MR) is 220 cm³/mol. The number of rotatable bonds is 40. The van der Waals surface area contributed by atoms with E-state index in [4.69, 9.17) is 9.47 Å². The lowest BCUT2D eigenvalue weighted by Crippen LogP contribution is -2.05. The molecule has 298 valence electrons. The zero-order valence-electron chi connectivity index (χ0n) is 34.5. The van der Waals surface area contributed by atoms with Crippen molar-refractivity contribution in [1.29, 1.82) is 0 Å². The van der Waals surface area contributed by atoms with Crippen molar-refractivity contribution in [3.63, 3.8) is 0 Å². The Kier molecular flexibility index (Phi) is 48.4. The first-order chi connectivity index (χ1) is 24.6. The van der Waals surface area contributed by atoms with Crippen molar-refractivity contribution in [2.24, 2.45) is 0 Å². The van der Waals surface area contributed by atoms with Gasteiger partial charge in [0.25, 0.3) is 0 Å². The van der Waals surface area contributed by atoms with E-state index >= 15 is 0 Å². The van der Waals surface area contributed by atoms with Crippen LogP contribution in [0.5, 0.6) is 0 Å². The molecule has 0 aliphatic rings. The number of carbonyl (C=O) groups excluding carboxylic acids is 2. The van der Waals surface area contributed by atoms with Gasteiger partial charge in [-0.15, -0.1) is 0 Å². The molecular weight excluding hydrogens is 617 g/mol. The van der Waals surface area contributed by atoms with Gasteiger partial charge in [0, 0.05) is 12.5 Å². The van der Waals surface area contributed by atoms with E-state index in [1.807, 2.05) is 0 Å². The van der Waals surface area contributed by atoms with Gasteiger partial charge in [-0.1, -0.05) is 239 Å². The van der Waals surface area contributed by atoms with E-state index in [-0.39, 0.29) is 11.9 Å². The van der Waals surface area contributed by atoms with E-state index in [1.54, 1.807) is 0 Å². The lowest BCUT2D eigenvalue weighted by molar-refractivity contribution is -0.144. The summed E-state index contributed by atoms with van der Waals surface area (Å²) >= 11 is 0. The normalized spacial score (nSPS) is 10.9. The van der Waals surface area contributed by atoms with Gasteiger partial charge in [-0.25, -0.2) is 4.79 Å². The number of ether oxygens (including phenoxy) is 2. The summed E-state index contributed by atoms with van der Waals surface area (Å²) in [4.78, 5) is 22.4. The molecule has 50 heavy (non-hydrogen) atoms. The number of carbonyl (C=O) groups is 2. The van der Waals surface area contributed by atoms with Crippen molar-refractivity contribution in [1.82, 2.24) is 0 Å². The molecule has 0 atom stereocenters. The highest BCUT2D eigenvalue weighted by Gasteiger charge is 2.02. The summed E-state index contributed by atoms with van der Waals surface area (Å²) in [5, 5.41) is 0. The molecule has 4 heteroatoms. The van der Waals surface area contributed by atoms with Gasteiger partial charge < -0.3 is 9.47 Å². The van der Waals surface area contributed by atoms with Crippen LogP contribution in [0.3, 0.4) is 0 Å². The van der Waals surface area contributed by atoms with E-state index in [2.05, 4.69) is 27.4 Å². The van der Waals surface area contributed by atoms with Gasteiger partial charge in [0.05, 0.1) is 13.2 Å². The van der Waals surface area contributed by atoms with Crippen LogP contribution < -0.4 is 0 Å². The topological polar surface area (TPSA) is 52.6 Å². The minimum atomic E-state index is -0.300. The van der Waals surface area contributed by atoms with Crippen LogP contribution in [0.1, 0.15) is 258 Å². The molecule has 0 rings (SSSR count). The summed E-state index contributed by atoms with van der Waals surface area (Å²) in [5.74, 6) is -0.293. The summed E-state index contributed by atoms with van der Waals surface area (Å²) in [5.41, 5.74) is 0. The smallest absolute Gasteiger partial charge is 0.330 e. The van der Waals surface area contributed by atoms with Crippen LogP contribution in [-0.4, -0.2) is 25.2 Å². The molecule has 0 spiro atoms. The molecule has 0 N–H and O–H groups in total. The zero-order valence-corrected chi connectivity index (χ0v) is 34.5. The molecule has 0 saturated heterocycles. The molecule has 0 unspecified atom stereocenters. The van der Waals surface area contributed by atoms with Crippen molar-refractivity contribution < 1.29 is 19.1 Å². The fraction of sp³-hybridized carbons (Fsp3) is 0.913. The second-order valence-corrected chi connectivity index (χ2v) is 15.0. The van der Waals surface area contributed by atoms with E-state index in [9.17, 15) is 9.59 Å². The van der Waals surface area contributed by atoms with Crippen molar-refractivity contribution in [2.45, 2.75) is 258 Å². The van der Waals surface area contributed by atoms with Gasteiger partial charge in [0.1, 0.15) is 0 Å². The highest BCUT2D eigenvalue weighted by molar-refractivity contribution is 5.81. The third-order valence-corrected chi connectivity index (χ3v) is 9.90. The molecule has 0 aromatic rings. The van der Waals surface area contributed by atoms with E-state index in [0.29, 0.717) is 19.6 Å². The molecule has 0 aromatic carbocycles. The first-order valence-corrected chi connectivity index (χ1v) is 22.6. The third-order valence-electron chi connectivity index (χ3n) is 9.90. The van der Waals surface area contributed by atoms with Gasteiger partial charge >= 0.3 is 11.9 Å². The Balaban J connectivity index is 0. The van der Waals surface area contributed by atoms with Gasteiger partial charge in [-0.3, -0.25) is 4.79 Å². The maximum atomic E-state index is 11.5. The van der Waals surface area contributed by atoms with Crippen LogP contribution in [0.25, 0.3) is 0 Å². The lowest BCUT2D eigenvalue weighted by Gasteiger charge is -2.05. The van der Waals surface area contributed by atoms with Gasteiger partial charge in [-0.05, 0) is 19.3 Å². The maximum absolute atomic E-state index is 11.5. The summed E-state index contributed by atoms with van der Waals surface area (Å²) in [6.07, 6.45) is 50.2. The van der Waals surface area contributed by atoms with Crippen LogP contribution in [-0.2, 0) is 19.1 Å². The predicted octanol–water partition coefficient (Wildman–Crippen LogP) is 15.7. The van der Waals surface area contributed by atoms with Crippen LogP contribution in [0.15, 0.2) is 12.7 Å². The molecular formula is C46H90O4. The van der Waals surface area contributed by atoms with Crippen molar-refractivity contribution in [3.8, 4) is 0 Å². The quantitative estimate of drug-likeness (QED) is 0.0362. The molecule has 0 bridgehead atoms. The Morgan fingerprint density at radius 3 is 0.880 bits per heavy atom. The van der Waals surface area contributed by atoms with Crippen LogP contribution >= 0.6 is 0 Å². The van der Waals surface area contributed by atoms with Crippen molar-refractivity contribution >= 4 is 11.9 Å². The Morgan fingerprint density at radius 2 is 0.600 bits per heavy atom. The van der Waals surface area contributed by atoms with Gasteiger partial charge in [0.15, 0.2) is 0 Å². The minimum Gasteiger partial charge on any atom is -0.466 e. The fourth-order valence-corrected chi connectivity index (χ4v) is 6.49. The highest BCUT2D eigenvalue weighted by atomic mass is 16.5. The molecule has 0 heterocycles. The monoisotopic (exact) mass is 707 g/mol. The summed E-state index contributed by atoms with van der Waals surface area (Å²) < 4.78 is 10.3. The third kappa shape index (κ3) is 48.8. The van der Waals surface area contributed by atoms with Crippen LogP contribution in [0.2, 0.25) is 0 Å². The second-order valence-electron chi connectivity index (χ2n) is 15.0. The maximum Gasteiger partial charge on any atom is 0.330 e. The zero-order chi connectivity index (χ0) is 36.9. The Morgan fingerprint density at radius 1 is 0.360 bits per heavy atom. The Hall–Kier alpha value is -1.32. The van der Waals surface area contributed by atoms with Crippen LogP contribution in [0, 0.1) is 0 Å². The largest absolute Gasteiger partial charge is 0.466 e. The molecule has 0 fully saturated rings. The second kappa shape index (κ2) is 47.7. The number of unbranched alkanes of at least 4 members (excludes halogenated alkanes) is 33. The Bertz CT molecular complexity index is 661. The molecule has 0 aliphatic heterocycles. The number of hydrogen-bond acceptors (Lipinski definition) is 4. The van der Waals surface area contributed by atoms with Gasteiger partial charge in [0.2, 0.25) is 0 Å². The first-order valence-electron chi connectivity index (χ1n) is 22.6. The van der Waals surface area contributed by atoms with Crippen molar-refractivity contribution in [3.05, 3.63) is 12.7 Å². The molecule has 0 aliphatic carbocycles. The SMILES string of the molecule is C=CC(=O)OCCCCCCCCCCCCCCCCCC.CCCCCCCCCCCCCCCCCCOC(=O)CCCCCC. The summed E-state index contributed by atoms with van der Waals surface area (Å²) in [7, 11) is 0. The fourth-order valence-electron chi connectivity index (χ4n) is 6.49. The molecule has 0 saturated carbocycles. The standard InChI is InChI=1S/C25H50O2.C21H40O2/c1-3-5-7-9-10-11-12-13-14-15-16-17-18-19-20-22-24-27-25(26)23-21-8-6-4-2;1-3-5-6-7-8-9-10-11-12-13-14-15-16-17-18-19-20-23-21(22)4-2/h3-24H2,1-2H3;4H,2-3,5-20H2,1H3. The minimum absolute atomic E-state index is 0.00654. The summed E-state index contributed by atoms with van der Waals surface area (Å²) in [6, 6.07) is 0. The van der Waals surface area contributed by atoms with Gasteiger partial charge in [-0.2, -0.15) is 0 Å². The summed E-state index contributed by atoms with van der Waals surface area (Å²) in [6.45, 7) is 11.3. The molecule has 0 amide bonds. The van der Waals surface area contributed by atoms with Crippen LogP contribution in [0.4, 0.5) is 0 Å². The van der Waals surface area contributed by atoms with E-state index < -0.39 is 0 Å². The number of esters is 2. The highest BCUT2D eigenvalue weighted by Crippen LogP contribution is 2.15. The van der Waals surface area contributed by atoms with E-state index in [1.165, 1.54) is 212 Å².